The van der Waals surface area contributed by atoms with Crippen molar-refractivity contribution in [3.05, 3.63) is 24.0 Å². The molecule has 0 amide bonds. The van der Waals surface area contributed by atoms with Crippen LogP contribution in [-0.4, -0.2) is 33.0 Å². The lowest BCUT2D eigenvalue weighted by Gasteiger charge is -2.16. The fourth-order valence-corrected chi connectivity index (χ4v) is 1.08. The van der Waals surface area contributed by atoms with Crippen molar-refractivity contribution in [1.82, 2.24) is 4.98 Å². The van der Waals surface area contributed by atoms with Crippen LogP contribution in [0.2, 0.25) is 0 Å². The molecule has 1 aromatic heterocycles. The van der Waals surface area contributed by atoms with Crippen LogP contribution >= 0.6 is 0 Å². The molecule has 5 heteroatoms. The maximum atomic E-state index is 9.55. The summed E-state index contributed by atoms with van der Waals surface area (Å²) < 4.78 is 0. The Kier molecular flexibility index (Phi) is 3.82. The predicted molar refractivity (Wildman–Crippen MR) is 51.3 cm³/mol. The topological polar surface area (TPSA) is 99.6 Å². The van der Waals surface area contributed by atoms with Crippen molar-refractivity contribution in [3.8, 4) is 0 Å². The highest BCUT2D eigenvalue weighted by molar-refractivity contribution is 5.34. The lowest BCUT2D eigenvalue weighted by molar-refractivity contribution is 0.00193. The number of hydrogen-bond donors (Lipinski definition) is 4. The summed E-state index contributed by atoms with van der Waals surface area (Å²) in [6.07, 6.45) is -0.559. The van der Waals surface area contributed by atoms with Gasteiger partial charge < -0.3 is 21.1 Å². The number of nitrogen functional groups attached to an aromatic ring is 1. The largest absolute Gasteiger partial charge is 0.397 e. The molecule has 0 bridgehead atoms. The van der Waals surface area contributed by atoms with Crippen molar-refractivity contribution >= 4 is 5.69 Å². The number of pyridine rings is 1. The van der Waals surface area contributed by atoms with E-state index in [1.54, 1.807) is 12.1 Å². The Morgan fingerprint density at radius 1 is 1.36 bits per heavy atom. The zero-order valence-corrected chi connectivity index (χ0v) is 7.67. The summed E-state index contributed by atoms with van der Waals surface area (Å²) in [6, 6.07) is 3.14. The molecule has 78 valence electrons. The molecule has 0 radical (unpaired) electrons. The first-order chi connectivity index (χ1) is 6.65. The van der Waals surface area contributed by atoms with Gasteiger partial charge in [-0.05, 0) is 18.6 Å². The standard InChI is InChI=1S/C9H14N2O3/c10-6-1-2-7(11-5-6)9(14)8(13)3-4-12/h1-2,5,8-9,12-14H,3-4,10H2. The highest BCUT2D eigenvalue weighted by atomic mass is 16.3. The van der Waals surface area contributed by atoms with Crippen LogP contribution < -0.4 is 5.73 Å². The summed E-state index contributed by atoms with van der Waals surface area (Å²) in [6.45, 7) is -0.173. The molecule has 0 fully saturated rings. The molecule has 1 aromatic rings. The number of aliphatic hydroxyl groups is 3. The van der Waals surface area contributed by atoms with Gasteiger partial charge in [-0.3, -0.25) is 4.98 Å². The maximum Gasteiger partial charge on any atom is 0.122 e. The van der Waals surface area contributed by atoms with Crippen molar-refractivity contribution < 1.29 is 15.3 Å². The van der Waals surface area contributed by atoms with Gasteiger partial charge in [0.2, 0.25) is 0 Å². The van der Waals surface area contributed by atoms with E-state index in [0.29, 0.717) is 11.4 Å². The number of aliphatic hydroxyl groups excluding tert-OH is 3. The first-order valence-corrected chi connectivity index (χ1v) is 4.33. The van der Waals surface area contributed by atoms with Crippen molar-refractivity contribution in [1.29, 1.82) is 0 Å². The lowest BCUT2D eigenvalue weighted by atomic mass is 10.1. The number of hydrogen-bond acceptors (Lipinski definition) is 5. The molecular weight excluding hydrogens is 184 g/mol. The number of rotatable bonds is 4. The quantitative estimate of drug-likeness (QED) is 0.519. The van der Waals surface area contributed by atoms with Crippen molar-refractivity contribution in [3.63, 3.8) is 0 Å². The van der Waals surface area contributed by atoms with E-state index in [1.165, 1.54) is 6.20 Å². The fourth-order valence-electron chi connectivity index (χ4n) is 1.08. The second-order valence-corrected chi connectivity index (χ2v) is 3.04. The van der Waals surface area contributed by atoms with E-state index in [9.17, 15) is 10.2 Å². The summed E-state index contributed by atoms with van der Waals surface area (Å²) in [5.41, 5.74) is 6.26. The van der Waals surface area contributed by atoms with Gasteiger partial charge in [-0.15, -0.1) is 0 Å². The van der Waals surface area contributed by atoms with Crippen LogP contribution in [0.25, 0.3) is 0 Å². The van der Waals surface area contributed by atoms with Gasteiger partial charge in [0.05, 0.1) is 23.7 Å². The Morgan fingerprint density at radius 3 is 2.57 bits per heavy atom. The van der Waals surface area contributed by atoms with Crippen LogP contribution in [0.3, 0.4) is 0 Å². The van der Waals surface area contributed by atoms with Gasteiger partial charge in [0.15, 0.2) is 0 Å². The summed E-state index contributed by atoms with van der Waals surface area (Å²) in [7, 11) is 0. The van der Waals surface area contributed by atoms with E-state index in [1.807, 2.05) is 0 Å². The predicted octanol–water partition coefficient (Wildman–Crippen LogP) is -0.560. The van der Waals surface area contributed by atoms with Crippen LogP contribution in [0.15, 0.2) is 18.3 Å². The van der Waals surface area contributed by atoms with Crippen LogP contribution in [0.4, 0.5) is 5.69 Å². The normalized spacial score (nSPS) is 15.1. The van der Waals surface area contributed by atoms with Gasteiger partial charge >= 0.3 is 0 Å². The Hall–Kier alpha value is -1.17. The molecule has 2 unspecified atom stereocenters. The third-order valence-corrected chi connectivity index (χ3v) is 1.90. The van der Waals surface area contributed by atoms with E-state index in [-0.39, 0.29) is 13.0 Å². The summed E-state index contributed by atoms with van der Waals surface area (Å²) in [4.78, 5) is 3.86. The molecule has 0 aliphatic rings. The number of aromatic nitrogens is 1. The van der Waals surface area contributed by atoms with Gasteiger partial charge in [0, 0.05) is 6.61 Å². The van der Waals surface area contributed by atoms with Gasteiger partial charge in [0.25, 0.3) is 0 Å². The van der Waals surface area contributed by atoms with E-state index in [4.69, 9.17) is 10.8 Å². The Balaban J connectivity index is 2.68. The molecular formula is C9H14N2O3. The zero-order valence-electron chi connectivity index (χ0n) is 7.67. The molecule has 0 aliphatic carbocycles. The molecule has 0 spiro atoms. The highest BCUT2D eigenvalue weighted by Gasteiger charge is 2.18. The first-order valence-electron chi connectivity index (χ1n) is 4.33. The Labute approximate surface area is 81.8 Å². The number of nitrogens with zero attached hydrogens (tertiary/aromatic N) is 1. The second kappa shape index (κ2) is 4.90. The second-order valence-electron chi connectivity index (χ2n) is 3.04. The molecule has 0 saturated carbocycles. The third-order valence-electron chi connectivity index (χ3n) is 1.90. The summed E-state index contributed by atoms with van der Waals surface area (Å²) in [5.74, 6) is 0. The summed E-state index contributed by atoms with van der Waals surface area (Å²) in [5, 5.41) is 27.5. The minimum Gasteiger partial charge on any atom is -0.397 e. The first kappa shape index (κ1) is 10.9. The molecule has 1 rings (SSSR count). The van der Waals surface area contributed by atoms with Crippen LogP contribution in [0.1, 0.15) is 18.2 Å². The SMILES string of the molecule is Nc1ccc(C(O)C(O)CCO)nc1. The van der Waals surface area contributed by atoms with Crippen molar-refractivity contribution in [2.75, 3.05) is 12.3 Å². The number of anilines is 1. The third kappa shape index (κ3) is 2.66. The average molecular weight is 198 g/mol. The van der Waals surface area contributed by atoms with Gasteiger partial charge in [-0.25, -0.2) is 0 Å². The van der Waals surface area contributed by atoms with Crippen molar-refractivity contribution in [2.24, 2.45) is 0 Å². The summed E-state index contributed by atoms with van der Waals surface area (Å²) >= 11 is 0. The monoisotopic (exact) mass is 198 g/mol. The van der Waals surface area contributed by atoms with Crippen LogP contribution in [0, 0.1) is 0 Å². The minimum atomic E-state index is -1.08. The maximum absolute atomic E-state index is 9.55. The molecule has 1 heterocycles. The molecule has 14 heavy (non-hydrogen) atoms. The molecule has 0 saturated heterocycles. The van der Waals surface area contributed by atoms with E-state index in [2.05, 4.69) is 4.98 Å². The van der Waals surface area contributed by atoms with Gasteiger partial charge in [-0.2, -0.15) is 0 Å². The molecule has 5 N–H and O–H groups in total. The van der Waals surface area contributed by atoms with E-state index in [0.717, 1.165) is 0 Å². The Morgan fingerprint density at radius 2 is 2.07 bits per heavy atom. The smallest absolute Gasteiger partial charge is 0.122 e. The highest BCUT2D eigenvalue weighted by Crippen LogP contribution is 2.17. The van der Waals surface area contributed by atoms with Crippen LogP contribution in [0.5, 0.6) is 0 Å². The number of nitrogens with two attached hydrogens (primary N) is 1. The van der Waals surface area contributed by atoms with Gasteiger partial charge in [0.1, 0.15) is 6.10 Å². The fraction of sp³-hybridized carbons (Fsp3) is 0.444. The lowest BCUT2D eigenvalue weighted by Crippen LogP contribution is -2.20. The molecule has 0 aromatic carbocycles. The molecule has 5 nitrogen and oxygen atoms in total. The van der Waals surface area contributed by atoms with E-state index >= 15 is 0 Å². The van der Waals surface area contributed by atoms with Crippen LogP contribution in [-0.2, 0) is 0 Å². The minimum absolute atomic E-state index is 0.118. The molecule has 0 aliphatic heterocycles. The Bertz CT molecular complexity index is 276. The van der Waals surface area contributed by atoms with Gasteiger partial charge in [-0.1, -0.05) is 0 Å². The van der Waals surface area contributed by atoms with Crippen molar-refractivity contribution in [2.45, 2.75) is 18.6 Å². The average Bonchev–Trinajstić information content (AvgIpc) is 2.18. The van der Waals surface area contributed by atoms with E-state index < -0.39 is 12.2 Å². The molecule has 2 atom stereocenters. The zero-order chi connectivity index (χ0) is 10.6.